The molecule has 1 atom stereocenters. The van der Waals surface area contributed by atoms with Gasteiger partial charge in [0.15, 0.2) is 0 Å². The van der Waals surface area contributed by atoms with Gasteiger partial charge in [0.2, 0.25) is 0 Å². The molecule has 1 rings (SSSR count). The van der Waals surface area contributed by atoms with Crippen molar-refractivity contribution in [2.75, 3.05) is 6.61 Å². The Morgan fingerprint density at radius 2 is 2.07 bits per heavy atom. The molecule has 15 heavy (non-hydrogen) atoms. The van der Waals surface area contributed by atoms with E-state index in [1.807, 2.05) is 6.07 Å². The van der Waals surface area contributed by atoms with E-state index in [4.69, 9.17) is 4.74 Å². The molecular weight excluding hydrogens is 262 g/mol. The second kappa shape index (κ2) is 5.88. The molecule has 83 valence electrons. The molecule has 0 N–H and O–H groups in total. The maximum absolute atomic E-state index is 13.9. The molecule has 0 aromatic heterocycles. The molecule has 1 aromatic carbocycles. The number of rotatable bonds is 4. The Labute approximate surface area is 93.8 Å². The molecule has 4 heteroatoms. The first-order chi connectivity index (χ1) is 7.16. The Morgan fingerprint density at radius 3 is 2.60 bits per heavy atom. The molecule has 0 amide bonds. The van der Waals surface area contributed by atoms with Crippen molar-refractivity contribution in [2.24, 2.45) is 0 Å². The third-order valence-corrected chi connectivity index (χ3v) is 5.12. The van der Waals surface area contributed by atoms with E-state index in [1.165, 1.54) is 0 Å². The van der Waals surface area contributed by atoms with E-state index in [-0.39, 0.29) is 0 Å². The fraction of sp³-hybridized carbons (Fsp3) is 0.364. The van der Waals surface area contributed by atoms with Crippen LogP contribution in [0.25, 0.3) is 0 Å². The second-order valence-electron chi connectivity index (χ2n) is 2.99. The summed E-state index contributed by atoms with van der Waals surface area (Å²) in [5.41, 5.74) is 0. The summed E-state index contributed by atoms with van der Waals surface area (Å²) in [5.74, 6) is -0.436. The Kier molecular flexibility index (Phi) is 4.79. The van der Waals surface area contributed by atoms with Crippen LogP contribution in [0, 0.1) is 0 Å². The predicted molar refractivity (Wildman–Crippen MR) is 59.0 cm³/mol. The quantitative estimate of drug-likeness (QED) is 0.619. The third kappa shape index (κ3) is 3.33. The number of halogens is 1. The Bertz CT molecular complexity index is 316. The number of hydrogen-bond acceptors (Lipinski definition) is 2. The third-order valence-electron chi connectivity index (χ3n) is 1.90. The number of benzene rings is 1. The first-order valence-corrected chi connectivity index (χ1v) is 7.27. The van der Waals surface area contributed by atoms with Crippen molar-refractivity contribution in [3.8, 4) is 0 Å². The van der Waals surface area contributed by atoms with Gasteiger partial charge in [0, 0.05) is 0 Å². The summed E-state index contributed by atoms with van der Waals surface area (Å²) in [6, 6.07) is 8.84. The zero-order valence-corrected chi connectivity index (χ0v) is 10.5. The summed E-state index contributed by atoms with van der Waals surface area (Å²) in [6.07, 6.45) is 0. The van der Waals surface area contributed by atoms with Crippen molar-refractivity contribution in [1.82, 2.24) is 0 Å². The van der Waals surface area contributed by atoms with Crippen LogP contribution >= 0.6 is 0 Å². The van der Waals surface area contributed by atoms with Gasteiger partial charge in [-0.05, 0) is 0 Å². The van der Waals surface area contributed by atoms with Crippen LogP contribution in [0.15, 0.2) is 30.3 Å². The number of carbonyl (C=O) groups is 1. The molecule has 0 bridgehead atoms. The van der Waals surface area contributed by atoms with E-state index in [0.29, 0.717) is 11.1 Å². The molecular formula is C11H14FO2Se. The Hall–Kier alpha value is -0.861. The molecule has 0 fully saturated rings. The monoisotopic (exact) mass is 277 g/mol. The average molecular weight is 276 g/mol. The molecule has 0 aliphatic carbocycles. The van der Waals surface area contributed by atoms with Gasteiger partial charge in [-0.1, -0.05) is 0 Å². The second-order valence-corrected chi connectivity index (χ2v) is 6.66. The van der Waals surface area contributed by atoms with Gasteiger partial charge >= 0.3 is 93.5 Å². The summed E-state index contributed by atoms with van der Waals surface area (Å²) in [5, 5.41) is 0. The molecule has 2 nitrogen and oxygen atoms in total. The van der Waals surface area contributed by atoms with Crippen LogP contribution in [0.3, 0.4) is 0 Å². The van der Waals surface area contributed by atoms with Crippen molar-refractivity contribution in [2.45, 2.75) is 18.7 Å². The zero-order chi connectivity index (χ0) is 11.3. The van der Waals surface area contributed by atoms with Crippen molar-refractivity contribution in [3.63, 3.8) is 0 Å². The molecule has 1 aromatic rings. The van der Waals surface area contributed by atoms with Gasteiger partial charge in [-0.25, -0.2) is 0 Å². The minimum atomic E-state index is -2.58. The van der Waals surface area contributed by atoms with Crippen molar-refractivity contribution < 1.29 is 13.1 Å². The average Bonchev–Trinajstić information content (AvgIpc) is 2.28. The molecule has 0 spiro atoms. The molecule has 1 unspecified atom stereocenters. The normalized spacial score (nSPS) is 12.5. The van der Waals surface area contributed by atoms with E-state index < -0.39 is 25.1 Å². The molecule has 0 aliphatic heterocycles. The molecule has 0 aliphatic rings. The van der Waals surface area contributed by atoms with Gasteiger partial charge in [-0.3, -0.25) is 0 Å². The van der Waals surface area contributed by atoms with E-state index >= 15 is 0 Å². The van der Waals surface area contributed by atoms with Gasteiger partial charge in [0.1, 0.15) is 0 Å². The van der Waals surface area contributed by atoms with Gasteiger partial charge in [0.05, 0.1) is 0 Å². The van der Waals surface area contributed by atoms with Crippen molar-refractivity contribution >= 4 is 24.8 Å². The predicted octanol–water partition coefficient (Wildman–Crippen LogP) is 1.81. The number of ether oxygens (including phenoxy) is 1. The standard InChI is InChI=1S/C11H14FO2Se/c1-3-14-11(13)9(2)15(12)10-7-5-4-6-8-10/h4-9H,3H2,1-2H3. The zero-order valence-electron chi connectivity index (χ0n) is 8.77. The molecule has 0 heterocycles. The maximum atomic E-state index is 13.9. The van der Waals surface area contributed by atoms with Crippen LogP contribution in [-0.2, 0) is 9.53 Å². The van der Waals surface area contributed by atoms with Crippen LogP contribution in [-0.4, -0.2) is 26.9 Å². The Balaban J connectivity index is 2.68. The fourth-order valence-electron chi connectivity index (χ4n) is 1.10. The van der Waals surface area contributed by atoms with Crippen LogP contribution < -0.4 is 4.46 Å². The van der Waals surface area contributed by atoms with Crippen molar-refractivity contribution in [3.05, 3.63) is 30.3 Å². The van der Waals surface area contributed by atoms with Gasteiger partial charge in [0.25, 0.3) is 0 Å². The van der Waals surface area contributed by atoms with Crippen LogP contribution in [0.4, 0.5) is 3.55 Å². The Morgan fingerprint density at radius 1 is 1.47 bits per heavy atom. The van der Waals surface area contributed by atoms with Gasteiger partial charge < -0.3 is 0 Å². The number of hydrogen-bond donors (Lipinski definition) is 0. The van der Waals surface area contributed by atoms with Crippen LogP contribution in [0.5, 0.6) is 0 Å². The minimum absolute atomic E-state index is 0.302. The van der Waals surface area contributed by atoms with E-state index in [9.17, 15) is 8.35 Å². The first-order valence-electron chi connectivity index (χ1n) is 4.77. The summed E-state index contributed by atoms with van der Waals surface area (Å²) in [4.78, 5) is 10.7. The van der Waals surface area contributed by atoms with E-state index in [0.717, 1.165) is 0 Å². The summed E-state index contributed by atoms with van der Waals surface area (Å²) >= 11 is -2.58. The summed E-state index contributed by atoms with van der Waals surface area (Å²) < 4.78 is 19.4. The molecule has 0 saturated carbocycles. The van der Waals surface area contributed by atoms with Gasteiger partial charge in [-0.2, -0.15) is 0 Å². The fourth-order valence-corrected chi connectivity index (χ4v) is 3.33. The van der Waals surface area contributed by atoms with Crippen LogP contribution in [0.1, 0.15) is 13.8 Å². The first kappa shape index (κ1) is 12.2. The van der Waals surface area contributed by atoms with E-state index in [2.05, 4.69) is 0 Å². The summed E-state index contributed by atoms with van der Waals surface area (Å²) in [6.45, 7) is 3.62. The number of esters is 1. The number of carbonyl (C=O) groups excluding carboxylic acids is 1. The molecule has 0 saturated heterocycles. The topological polar surface area (TPSA) is 26.3 Å². The summed E-state index contributed by atoms with van der Waals surface area (Å²) in [7, 11) is 0. The SMILES string of the molecule is CCOC(=O)C(C)[Se](F)c1ccccc1. The van der Waals surface area contributed by atoms with E-state index in [1.54, 1.807) is 38.1 Å². The van der Waals surface area contributed by atoms with Crippen molar-refractivity contribution in [1.29, 1.82) is 0 Å². The van der Waals surface area contributed by atoms with Gasteiger partial charge in [-0.15, -0.1) is 0 Å². The molecule has 1 radical (unpaired) electrons. The van der Waals surface area contributed by atoms with Crippen LogP contribution in [0.2, 0.25) is 4.82 Å².